The minimum Gasteiger partial charge on any atom is -0.353 e. The van der Waals surface area contributed by atoms with Crippen LogP contribution in [-0.2, 0) is 4.79 Å². The first-order valence-electron chi connectivity index (χ1n) is 10.5. The van der Waals surface area contributed by atoms with E-state index in [9.17, 15) is 9.59 Å². The molecule has 0 saturated heterocycles. The molecular weight excluding hydrogens is 314 g/mol. The van der Waals surface area contributed by atoms with Gasteiger partial charge in [-0.25, -0.2) is 4.79 Å². The van der Waals surface area contributed by atoms with E-state index in [0.717, 1.165) is 19.3 Å². The third-order valence-corrected chi connectivity index (χ3v) is 5.74. The Morgan fingerprint density at radius 3 is 2.48 bits per heavy atom. The van der Waals surface area contributed by atoms with Gasteiger partial charge in [0, 0.05) is 25.0 Å². The summed E-state index contributed by atoms with van der Waals surface area (Å²) in [5.41, 5.74) is 0. The predicted molar refractivity (Wildman–Crippen MR) is 101 cm³/mol. The summed E-state index contributed by atoms with van der Waals surface area (Å²) in [4.78, 5) is 24.0. The van der Waals surface area contributed by atoms with Crippen molar-refractivity contribution in [1.82, 2.24) is 16.0 Å². The Morgan fingerprint density at radius 2 is 1.72 bits per heavy atom. The van der Waals surface area contributed by atoms with Crippen LogP contribution in [0, 0.1) is 5.92 Å². The largest absolute Gasteiger partial charge is 0.353 e. The van der Waals surface area contributed by atoms with Gasteiger partial charge in [0.2, 0.25) is 5.91 Å². The fraction of sp³-hybridized carbons (Fsp3) is 0.900. The average Bonchev–Trinajstić information content (AvgIpc) is 3.04. The van der Waals surface area contributed by atoms with E-state index >= 15 is 0 Å². The van der Waals surface area contributed by atoms with E-state index in [4.69, 9.17) is 0 Å². The van der Waals surface area contributed by atoms with Crippen molar-refractivity contribution in [2.75, 3.05) is 6.54 Å². The average molecular weight is 352 g/mol. The van der Waals surface area contributed by atoms with Gasteiger partial charge in [0.05, 0.1) is 0 Å². The minimum atomic E-state index is -0.0808. The predicted octanol–water partition coefficient (Wildman–Crippen LogP) is 3.87. The third-order valence-electron chi connectivity index (χ3n) is 5.74. The first-order chi connectivity index (χ1) is 12.2. The monoisotopic (exact) mass is 351 g/mol. The van der Waals surface area contributed by atoms with E-state index in [1.807, 2.05) is 0 Å². The van der Waals surface area contributed by atoms with E-state index in [1.54, 1.807) is 0 Å². The van der Waals surface area contributed by atoms with E-state index < -0.39 is 0 Å². The van der Waals surface area contributed by atoms with Gasteiger partial charge in [-0.1, -0.05) is 45.4 Å². The zero-order chi connectivity index (χ0) is 17.9. The number of unbranched alkanes of at least 4 members (excludes halogenated alkanes) is 1. The Bertz CT molecular complexity index is 408. The molecule has 2 aliphatic rings. The molecule has 0 aromatic rings. The smallest absolute Gasteiger partial charge is 0.315 e. The second kappa shape index (κ2) is 11.4. The van der Waals surface area contributed by atoms with Gasteiger partial charge < -0.3 is 16.0 Å². The van der Waals surface area contributed by atoms with Crippen molar-refractivity contribution in [2.45, 2.75) is 102 Å². The molecule has 2 unspecified atom stereocenters. The summed E-state index contributed by atoms with van der Waals surface area (Å²) in [6.45, 7) is 2.79. The van der Waals surface area contributed by atoms with Crippen LogP contribution in [0.1, 0.15) is 90.4 Å². The molecule has 25 heavy (non-hydrogen) atoms. The van der Waals surface area contributed by atoms with Gasteiger partial charge in [-0.3, -0.25) is 4.79 Å². The number of urea groups is 1. The lowest BCUT2D eigenvalue weighted by Gasteiger charge is -2.23. The standard InChI is InChI=1S/C20H37N3O2/c1-2-3-9-16-10-7-13-18(16)23-19(24)14-8-15-21-20(25)22-17-11-5-4-6-12-17/h16-18H,2-15H2,1H3,(H,23,24)(H2,21,22,25). The van der Waals surface area contributed by atoms with Crippen molar-refractivity contribution in [2.24, 2.45) is 5.92 Å². The third kappa shape index (κ3) is 7.66. The molecule has 0 bridgehead atoms. The molecule has 0 aliphatic heterocycles. The lowest BCUT2D eigenvalue weighted by Crippen LogP contribution is -2.43. The summed E-state index contributed by atoms with van der Waals surface area (Å²) in [6.07, 6.45) is 14.5. The lowest BCUT2D eigenvalue weighted by atomic mass is 9.96. The van der Waals surface area contributed by atoms with Crippen molar-refractivity contribution in [3.63, 3.8) is 0 Å². The molecule has 2 saturated carbocycles. The number of hydrogen-bond donors (Lipinski definition) is 3. The Labute approximate surface area is 153 Å². The van der Waals surface area contributed by atoms with Crippen LogP contribution >= 0.6 is 0 Å². The summed E-state index contributed by atoms with van der Waals surface area (Å²) in [5.74, 6) is 0.811. The van der Waals surface area contributed by atoms with E-state index in [2.05, 4.69) is 22.9 Å². The fourth-order valence-corrected chi connectivity index (χ4v) is 4.25. The fourth-order valence-electron chi connectivity index (χ4n) is 4.25. The normalized spacial score (nSPS) is 24.0. The number of rotatable bonds is 9. The Kier molecular flexibility index (Phi) is 9.12. The van der Waals surface area contributed by atoms with E-state index in [1.165, 1.54) is 51.4 Å². The van der Waals surface area contributed by atoms with Crippen molar-refractivity contribution < 1.29 is 9.59 Å². The van der Waals surface area contributed by atoms with Gasteiger partial charge in [-0.15, -0.1) is 0 Å². The van der Waals surface area contributed by atoms with Crippen LogP contribution in [-0.4, -0.2) is 30.6 Å². The lowest BCUT2D eigenvalue weighted by molar-refractivity contribution is -0.122. The highest BCUT2D eigenvalue weighted by molar-refractivity contribution is 5.76. The molecule has 0 aromatic carbocycles. The SMILES string of the molecule is CCCCC1CCCC1NC(=O)CCCNC(=O)NC1CCCCC1. The van der Waals surface area contributed by atoms with Crippen LogP contribution in [0.3, 0.4) is 0 Å². The molecule has 2 fully saturated rings. The van der Waals surface area contributed by atoms with Crippen LogP contribution in [0.5, 0.6) is 0 Å². The molecule has 3 amide bonds. The zero-order valence-corrected chi connectivity index (χ0v) is 15.9. The summed E-state index contributed by atoms with van der Waals surface area (Å²) < 4.78 is 0. The van der Waals surface area contributed by atoms with Gasteiger partial charge >= 0.3 is 6.03 Å². The second-order valence-corrected chi connectivity index (χ2v) is 7.85. The van der Waals surface area contributed by atoms with Gasteiger partial charge in [-0.2, -0.15) is 0 Å². The van der Waals surface area contributed by atoms with E-state index in [0.29, 0.717) is 37.4 Å². The molecule has 5 heteroatoms. The molecule has 0 radical (unpaired) electrons. The minimum absolute atomic E-state index is 0.0808. The van der Waals surface area contributed by atoms with Crippen LogP contribution in [0.4, 0.5) is 4.79 Å². The Hall–Kier alpha value is -1.26. The summed E-state index contributed by atoms with van der Waals surface area (Å²) in [6, 6.07) is 0.629. The molecule has 2 aliphatic carbocycles. The van der Waals surface area contributed by atoms with Crippen molar-refractivity contribution >= 4 is 11.9 Å². The molecule has 144 valence electrons. The number of carbonyl (C=O) groups is 2. The van der Waals surface area contributed by atoms with Gasteiger partial charge in [-0.05, 0) is 44.4 Å². The van der Waals surface area contributed by atoms with Crippen molar-refractivity contribution in [1.29, 1.82) is 0 Å². The molecule has 0 heterocycles. The second-order valence-electron chi connectivity index (χ2n) is 7.85. The number of nitrogens with one attached hydrogen (secondary N) is 3. The molecule has 0 aromatic heterocycles. The summed E-state index contributed by atoms with van der Waals surface area (Å²) in [7, 11) is 0. The topological polar surface area (TPSA) is 70.2 Å². The number of carbonyl (C=O) groups excluding carboxylic acids is 2. The summed E-state index contributed by atoms with van der Waals surface area (Å²) in [5, 5.41) is 9.15. The van der Waals surface area contributed by atoms with E-state index in [-0.39, 0.29) is 11.9 Å². The molecule has 2 rings (SSSR count). The number of amides is 3. The van der Waals surface area contributed by atoms with Crippen LogP contribution < -0.4 is 16.0 Å². The molecule has 3 N–H and O–H groups in total. The molecule has 0 spiro atoms. The highest BCUT2D eigenvalue weighted by Gasteiger charge is 2.27. The van der Waals surface area contributed by atoms with Crippen molar-refractivity contribution in [3.8, 4) is 0 Å². The quantitative estimate of drug-likeness (QED) is 0.552. The Morgan fingerprint density at radius 1 is 0.920 bits per heavy atom. The van der Waals surface area contributed by atoms with Gasteiger partial charge in [0.1, 0.15) is 0 Å². The van der Waals surface area contributed by atoms with Crippen LogP contribution in [0.25, 0.3) is 0 Å². The number of hydrogen-bond acceptors (Lipinski definition) is 2. The first kappa shape index (κ1) is 20.1. The molecule has 5 nitrogen and oxygen atoms in total. The van der Waals surface area contributed by atoms with Gasteiger partial charge in [0.15, 0.2) is 0 Å². The maximum absolute atomic E-state index is 12.1. The van der Waals surface area contributed by atoms with Crippen molar-refractivity contribution in [3.05, 3.63) is 0 Å². The van der Waals surface area contributed by atoms with Crippen LogP contribution in [0.15, 0.2) is 0 Å². The van der Waals surface area contributed by atoms with Gasteiger partial charge in [0.25, 0.3) is 0 Å². The zero-order valence-electron chi connectivity index (χ0n) is 15.9. The highest BCUT2D eigenvalue weighted by Crippen LogP contribution is 2.29. The first-order valence-corrected chi connectivity index (χ1v) is 10.5. The maximum Gasteiger partial charge on any atom is 0.315 e. The summed E-state index contributed by atoms with van der Waals surface area (Å²) >= 11 is 0. The Balaban J connectivity index is 1.53. The molecular formula is C20H37N3O2. The molecule has 2 atom stereocenters. The maximum atomic E-state index is 12.1. The van der Waals surface area contributed by atoms with Crippen LogP contribution in [0.2, 0.25) is 0 Å². The highest BCUT2D eigenvalue weighted by atomic mass is 16.2.